The van der Waals surface area contributed by atoms with Gasteiger partial charge in [0.05, 0.1) is 50.8 Å². The first kappa shape index (κ1) is 37.6. The highest BCUT2D eigenvalue weighted by molar-refractivity contribution is 6.62. The smallest absolute Gasteiger partial charge is 0.492 e. The largest absolute Gasteiger partial charge is 0.494 e. The summed E-state index contributed by atoms with van der Waals surface area (Å²) in [5, 5.41) is 0. The highest BCUT2D eigenvalue weighted by Gasteiger charge is 2.26. The van der Waals surface area contributed by atoms with Gasteiger partial charge in [0.1, 0.15) is 11.5 Å². The monoisotopic (exact) mass is 674 g/mol. The summed E-state index contributed by atoms with van der Waals surface area (Å²) in [6.45, 7) is 12.7. The van der Waals surface area contributed by atoms with Gasteiger partial charge in [-0.25, -0.2) is 0 Å². The number of unbranched alkanes of at least 4 members (excludes halogenated alkanes) is 2. The van der Waals surface area contributed by atoms with Crippen LogP contribution in [0.15, 0.2) is 60.7 Å². The van der Waals surface area contributed by atoms with Crippen LogP contribution in [0.4, 0.5) is 0 Å². The van der Waals surface area contributed by atoms with Gasteiger partial charge in [0.25, 0.3) is 0 Å². The van der Waals surface area contributed by atoms with E-state index in [-0.39, 0.29) is 14.2 Å². The minimum atomic E-state index is -0.304. The van der Waals surface area contributed by atoms with Gasteiger partial charge in [-0.05, 0) is 59.9 Å². The average Bonchev–Trinajstić information content (AvgIpc) is 3.90. The van der Waals surface area contributed by atoms with Gasteiger partial charge in [0, 0.05) is 23.3 Å². The van der Waals surface area contributed by atoms with Gasteiger partial charge in [-0.2, -0.15) is 0 Å². The van der Waals surface area contributed by atoms with E-state index in [1.807, 2.05) is 60.7 Å². The van der Waals surface area contributed by atoms with E-state index in [1.54, 1.807) is 0 Å². The summed E-state index contributed by atoms with van der Waals surface area (Å²) in [5.41, 5.74) is 5.39. The summed E-state index contributed by atoms with van der Waals surface area (Å²) in [7, 11) is -0.607. The van der Waals surface area contributed by atoms with Crippen molar-refractivity contribution in [3.05, 3.63) is 82.9 Å². The maximum absolute atomic E-state index is 6.60. The third-order valence-electron chi connectivity index (χ3n) is 9.41. The second kappa shape index (κ2) is 20.3. The van der Waals surface area contributed by atoms with E-state index >= 15 is 0 Å². The molecular formula is C42H52B2O6. The van der Waals surface area contributed by atoms with E-state index in [0.29, 0.717) is 51.5 Å². The molecule has 5 rings (SSSR count). The first-order valence-electron chi connectivity index (χ1n) is 18.7. The molecule has 3 aromatic carbocycles. The second-order valence-electron chi connectivity index (χ2n) is 13.2. The predicted molar refractivity (Wildman–Crippen MR) is 203 cm³/mol. The van der Waals surface area contributed by atoms with Crippen LogP contribution in [-0.4, -0.2) is 53.9 Å². The van der Waals surface area contributed by atoms with Crippen LogP contribution >= 0.6 is 0 Å². The normalized spacial score (nSPS) is 15.2. The molecule has 3 aromatic rings. The molecule has 0 radical (unpaired) electrons. The molecule has 0 N–H and O–H groups in total. The molecule has 2 aliphatic rings. The maximum atomic E-state index is 6.60. The van der Waals surface area contributed by atoms with Crippen molar-refractivity contribution in [2.75, 3.05) is 39.6 Å². The van der Waals surface area contributed by atoms with Crippen LogP contribution in [0.2, 0.25) is 0 Å². The SMILES string of the molecule is CCCCC(CC)COc1cc(C#Cc2ccc(B3OCCO3)cc2)c(OCC(CC)CCCC)cc1C#Cc1ccc(B2OCCO2)cc1. The van der Waals surface area contributed by atoms with Gasteiger partial charge in [0.2, 0.25) is 0 Å². The van der Waals surface area contributed by atoms with Crippen LogP contribution in [0.5, 0.6) is 11.5 Å². The highest BCUT2D eigenvalue weighted by Crippen LogP contribution is 2.30. The molecule has 2 saturated heterocycles. The lowest BCUT2D eigenvalue weighted by Gasteiger charge is -2.19. The minimum absolute atomic E-state index is 0.304. The zero-order valence-electron chi connectivity index (χ0n) is 30.4. The van der Waals surface area contributed by atoms with E-state index in [2.05, 4.69) is 51.4 Å². The first-order valence-corrected chi connectivity index (χ1v) is 18.7. The van der Waals surface area contributed by atoms with Crippen LogP contribution in [-0.2, 0) is 18.6 Å². The number of hydrogen-bond acceptors (Lipinski definition) is 6. The molecular weight excluding hydrogens is 622 g/mol. The Kier molecular flexibility index (Phi) is 15.2. The van der Waals surface area contributed by atoms with Crippen molar-refractivity contribution in [1.82, 2.24) is 0 Å². The van der Waals surface area contributed by atoms with Gasteiger partial charge >= 0.3 is 14.2 Å². The summed E-state index contributed by atoms with van der Waals surface area (Å²) < 4.78 is 35.8. The molecule has 2 fully saturated rings. The summed E-state index contributed by atoms with van der Waals surface area (Å²) in [6.07, 6.45) is 9.17. The Labute approximate surface area is 301 Å². The third kappa shape index (κ3) is 11.2. The maximum Gasteiger partial charge on any atom is 0.494 e. The van der Waals surface area contributed by atoms with E-state index in [0.717, 1.165) is 70.4 Å². The predicted octanol–water partition coefficient (Wildman–Crippen LogP) is 7.16. The Bertz CT molecular complexity index is 1470. The lowest BCUT2D eigenvalue weighted by molar-refractivity contribution is 0.227. The Morgan fingerprint density at radius 3 is 1.28 bits per heavy atom. The van der Waals surface area contributed by atoms with Crippen LogP contribution in [0.1, 0.15) is 101 Å². The molecule has 262 valence electrons. The van der Waals surface area contributed by atoms with Crippen molar-refractivity contribution >= 4 is 25.2 Å². The van der Waals surface area contributed by atoms with Crippen molar-refractivity contribution in [3.8, 4) is 35.2 Å². The van der Waals surface area contributed by atoms with Crippen molar-refractivity contribution in [2.45, 2.75) is 79.1 Å². The molecule has 0 amide bonds. The summed E-state index contributed by atoms with van der Waals surface area (Å²) in [6, 6.07) is 20.2. The third-order valence-corrected chi connectivity index (χ3v) is 9.41. The number of benzene rings is 3. The molecule has 0 saturated carbocycles. The van der Waals surface area contributed by atoms with E-state index in [4.69, 9.17) is 28.1 Å². The summed E-state index contributed by atoms with van der Waals surface area (Å²) in [5.74, 6) is 16.0. The minimum Gasteiger partial charge on any atom is -0.492 e. The first-order chi connectivity index (χ1) is 24.6. The Hall–Kier alpha value is -3.65. The van der Waals surface area contributed by atoms with Crippen molar-refractivity contribution in [2.24, 2.45) is 11.8 Å². The van der Waals surface area contributed by atoms with Gasteiger partial charge in [0.15, 0.2) is 0 Å². The average molecular weight is 674 g/mol. The molecule has 50 heavy (non-hydrogen) atoms. The van der Waals surface area contributed by atoms with Crippen molar-refractivity contribution in [3.63, 3.8) is 0 Å². The Morgan fingerprint density at radius 2 is 0.940 bits per heavy atom. The lowest BCUT2D eigenvalue weighted by atomic mass is 9.79. The molecule has 0 aromatic heterocycles. The number of ether oxygens (including phenoxy) is 2. The molecule has 0 bridgehead atoms. The summed E-state index contributed by atoms with van der Waals surface area (Å²) >= 11 is 0. The zero-order chi connectivity index (χ0) is 35.0. The fourth-order valence-corrected chi connectivity index (χ4v) is 6.03. The molecule has 2 unspecified atom stereocenters. The van der Waals surface area contributed by atoms with E-state index < -0.39 is 0 Å². The van der Waals surface area contributed by atoms with Crippen LogP contribution < -0.4 is 20.4 Å². The fraction of sp³-hybridized carbons (Fsp3) is 0.476. The molecule has 0 spiro atoms. The molecule has 8 heteroatoms. The lowest BCUT2D eigenvalue weighted by Crippen LogP contribution is -2.31. The second-order valence-corrected chi connectivity index (χ2v) is 13.2. The van der Waals surface area contributed by atoms with Gasteiger partial charge < -0.3 is 28.1 Å². The van der Waals surface area contributed by atoms with Crippen LogP contribution in [0.3, 0.4) is 0 Å². The Balaban J connectivity index is 1.47. The topological polar surface area (TPSA) is 55.4 Å². The van der Waals surface area contributed by atoms with Crippen molar-refractivity contribution < 1.29 is 28.1 Å². The van der Waals surface area contributed by atoms with Gasteiger partial charge in [-0.15, -0.1) is 0 Å². The highest BCUT2D eigenvalue weighted by atomic mass is 16.6. The zero-order valence-corrected chi connectivity index (χ0v) is 30.4. The molecule has 6 nitrogen and oxygen atoms in total. The fourth-order valence-electron chi connectivity index (χ4n) is 6.03. The van der Waals surface area contributed by atoms with E-state index in [1.165, 1.54) is 25.7 Å². The summed E-state index contributed by atoms with van der Waals surface area (Å²) in [4.78, 5) is 0. The van der Waals surface area contributed by atoms with Gasteiger partial charge in [-0.1, -0.05) is 114 Å². The number of hydrogen-bond donors (Lipinski definition) is 0. The standard InChI is InChI=1S/C42H52B2O6/c1-5-9-11-33(7-3)31-45-41-29-38(20-14-36-17-23-40(24-18-36)44-49-27-28-50-44)42(46-32-34(8-4)12-10-6-2)30-37(41)19-13-35-15-21-39(22-16-35)43-47-25-26-48-43/h15-18,21-24,29-30,33-34H,5-12,25-28,31-32H2,1-4H3. The van der Waals surface area contributed by atoms with E-state index in [9.17, 15) is 0 Å². The Morgan fingerprint density at radius 1 is 0.560 bits per heavy atom. The molecule has 2 heterocycles. The molecule has 0 aliphatic carbocycles. The number of rotatable bonds is 16. The van der Waals surface area contributed by atoms with Crippen LogP contribution in [0.25, 0.3) is 0 Å². The van der Waals surface area contributed by atoms with Gasteiger partial charge in [-0.3, -0.25) is 0 Å². The molecule has 2 aliphatic heterocycles. The van der Waals surface area contributed by atoms with Crippen LogP contribution in [0, 0.1) is 35.5 Å². The molecule has 2 atom stereocenters. The van der Waals surface area contributed by atoms with Crippen molar-refractivity contribution in [1.29, 1.82) is 0 Å². The quantitative estimate of drug-likeness (QED) is 0.119.